The lowest BCUT2D eigenvalue weighted by molar-refractivity contribution is 0.561. The molecule has 0 atom stereocenters. The lowest BCUT2D eigenvalue weighted by Gasteiger charge is -1.91. The molecular formula is C9H9BO2. The molecule has 0 N–H and O–H groups in total. The van der Waals surface area contributed by atoms with Gasteiger partial charge < -0.3 is 4.42 Å². The van der Waals surface area contributed by atoms with Crippen LogP contribution < -0.4 is 5.63 Å². The van der Waals surface area contributed by atoms with Gasteiger partial charge >= 0.3 is 5.63 Å². The van der Waals surface area contributed by atoms with Crippen molar-refractivity contribution in [3.63, 3.8) is 0 Å². The zero-order valence-corrected chi connectivity index (χ0v) is 5.78. The highest BCUT2D eigenvalue weighted by Crippen LogP contribution is 2.08. The van der Waals surface area contributed by atoms with E-state index >= 15 is 0 Å². The highest BCUT2D eigenvalue weighted by Gasteiger charge is 1.92. The molecule has 2 aromatic rings. The third-order valence-electron chi connectivity index (χ3n) is 1.53. The van der Waals surface area contributed by atoms with E-state index in [4.69, 9.17) is 4.42 Å². The van der Waals surface area contributed by atoms with Crippen molar-refractivity contribution in [3.8, 4) is 0 Å². The van der Waals surface area contributed by atoms with Gasteiger partial charge in [0.15, 0.2) is 0 Å². The number of hydrogen-bond donors (Lipinski definition) is 0. The van der Waals surface area contributed by atoms with Crippen molar-refractivity contribution in [2.75, 3.05) is 0 Å². The summed E-state index contributed by atoms with van der Waals surface area (Å²) in [6.07, 6.45) is 0. The summed E-state index contributed by atoms with van der Waals surface area (Å²) in [6, 6.07) is 10.6. The molecule has 0 saturated carbocycles. The zero-order valence-electron chi connectivity index (χ0n) is 5.78. The van der Waals surface area contributed by atoms with Crippen LogP contribution in [0.3, 0.4) is 0 Å². The van der Waals surface area contributed by atoms with Crippen molar-refractivity contribution < 1.29 is 4.42 Å². The maximum atomic E-state index is 10.7. The van der Waals surface area contributed by atoms with Crippen molar-refractivity contribution in [2.24, 2.45) is 0 Å². The molecule has 0 fully saturated rings. The van der Waals surface area contributed by atoms with Gasteiger partial charge in [0.25, 0.3) is 0 Å². The van der Waals surface area contributed by atoms with Crippen LogP contribution in [0.25, 0.3) is 11.0 Å². The Hall–Kier alpha value is -1.51. The Morgan fingerprint density at radius 3 is 2.58 bits per heavy atom. The van der Waals surface area contributed by atoms with E-state index in [2.05, 4.69) is 0 Å². The number of para-hydroxylation sites is 1. The fourth-order valence-corrected chi connectivity index (χ4v) is 1.01. The molecule has 2 rings (SSSR count). The van der Waals surface area contributed by atoms with E-state index in [1.807, 2.05) is 18.2 Å². The first-order valence-corrected chi connectivity index (χ1v) is 3.35. The predicted molar refractivity (Wildman–Crippen MR) is 52.4 cm³/mol. The Labute approximate surface area is 71.4 Å². The van der Waals surface area contributed by atoms with E-state index in [0.29, 0.717) is 5.58 Å². The molecule has 0 aliphatic heterocycles. The molecule has 1 heterocycles. The van der Waals surface area contributed by atoms with E-state index < -0.39 is 0 Å². The number of fused-ring (bicyclic) bond motifs is 1. The fraction of sp³-hybridized carbons (Fsp3) is 0. The minimum Gasteiger partial charge on any atom is -0.423 e. The molecule has 60 valence electrons. The minimum atomic E-state index is -0.302. The Morgan fingerprint density at radius 2 is 1.75 bits per heavy atom. The number of hydrogen-bond acceptors (Lipinski definition) is 2. The van der Waals surface area contributed by atoms with Gasteiger partial charge in [-0.05, 0) is 12.1 Å². The highest BCUT2D eigenvalue weighted by molar-refractivity contribution is 5.76. The van der Waals surface area contributed by atoms with Crippen LogP contribution in [0, 0.1) is 0 Å². The third kappa shape index (κ3) is 1.40. The monoisotopic (exact) mass is 160 g/mol. The number of rotatable bonds is 0. The third-order valence-corrected chi connectivity index (χ3v) is 1.53. The average Bonchev–Trinajstić information content (AvgIpc) is 2.04. The first kappa shape index (κ1) is 8.59. The normalized spacial score (nSPS) is 9.33. The summed E-state index contributed by atoms with van der Waals surface area (Å²) in [6.45, 7) is 0. The minimum absolute atomic E-state index is 0. The van der Waals surface area contributed by atoms with Gasteiger partial charge in [-0.2, -0.15) is 0 Å². The molecule has 1 aromatic heterocycles. The van der Waals surface area contributed by atoms with Crippen LogP contribution in [-0.4, -0.2) is 8.41 Å². The van der Waals surface area contributed by atoms with E-state index in [-0.39, 0.29) is 14.0 Å². The molecule has 2 nitrogen and oxygen atoms in total. The first-order chi connectivity index (χ1) is 5.36. The van der Waals surface area contributed by atoms with E-state index in [1.165, 1.54) is 6.07 Å². The molecule has 0 saturated heterocycles. The average molecular weight is 160 g/mol. The van der Waals surface area contributed by atoms with Gasteiger partial charge in [0.2, 0.25) is 0 Å². The molecule has 12 heavy (non-hydrogen) atoms. The van der Waals surface area contributed by atoms with Crippen LogP contribution in [-0.2, 0) is 0 Å². The van der Waals surface area contributed by atoms with E-state index in [0.717, 1.165) is 5.39 Å². The molecule has 3 heteroatoms. The number of benzene rings is 1. The molecule has 0 amide bonds. The van der Waals surface area contributed by atoms with Gasteiger partial charge in [0.1, 0.15) is 5.58 Å². The first-order valence-electron chi connectivity index (χ1n) is 3.35. The summed E-state index contributed by atoms with van der Waals surface area (Å²) in [5, 5.41) is 0.951. The summed E-state index contributed by atoms with van der Waals surface area (Å²) in [5.74, 6) is 0. The topological polar surface area (TPSA) is 30.2 Å². The molecule has 0 bridgehead atoms. The van der Waals surface area contributed by atoms with Crippen molar-refractivity contribution >= 4 is 19.4 Å². The molecule has 0 unspecified atom stereocenters. The lowest BCUT2D eigenvalue weighted by Crippen LogP contribution is -1.93. The van der Waals surface area contributed by atoms with Crippen molar-refractivity contribution in [3.05, 3.63) is 46.8 Å². The van der Waals surface area contributed by atoms with Gasteiger partial charge in [0, 0.05) is 11.5 Å². The maximum absolute atomic E-state index is 10.7. The Balaban J connectivity index is 0.000000720. The van der Waals surface area contributed by atoms with E-state index in [9.17, 15) is 4.79 Å². The molecular weight excluding hydrogens is 151 g/mol. The fourth-order valence-electron chi connectivity index (χ4n) is 1.01. The van der Waals surface area contributed by atoms with Crippen LogP contribution in [0.4, 0.5) is 0 Å². The largest absolute Gasteiger partial charge is 0.423 e. The summed E-state index contributed by atoms with van der Waals surface area (Å²) in [5.41, 5.74) is 0.337. The Bertz CT molecular complexity index is 433. The molecule has 0 radical (unpaired) electrons. The van der Waals surface area contributed by atoms with Crippen molar-refractivity contribution in [2.45, 2.75) is 0 Å². The summed E-state index contributed by atoms with van der Waals surface area (Å²) in [4.78, 5) is 10.7. The van der Waals surface area contributed by atoms with Crippen molar-refractivity contribution in [1.82, 2.24) is 0 Å². The summed E-state index contributed by atoms with van der Waals surface area (Å²) in [7, 11) is 0. The predicted octanol–water partition coefficient (Wildman–Crippen LogP) is 0.609. The second kappa shape index (κ2) is 3.26. The van der Waals surface area contributed by atoms with Gasteiger partial charge in [0.05, 0.1) is 8.41 Å². The lowest BCUT2D eigenvalue weighted by atomic mass is 10.2. The summed E-state index contributed by atoms with van der Waals surface area (Å²) >= 11 is 0. The van der Waals surface area contributed by atoms with Crippen molar-refractivity contribution in [1.29, 1.82) is 0 Å². The Morgan fingerprint density at radius 1 is 1.00 bits per heavy atom. The van der Waals surface area contributed by atoms with Crippen LogP contribution >= 0.6 is 0 Å². The second-order valence-electron chi connectivity index (χ2n) is 2.29. The van der Waals surface area contributed by atoms with E-state index in [1.54, 1.807) is 12.1 Å². The highest BCUT2D eigenvalue weighted by atomic mass is 16.4. The molecule has 1 aromatic carbocycles. The van der Waals surface area contributed by atoms with Crippen LogP contribution in [0.15, 0.2) is 45.6 Å². The maximum Gasteiger partial charge on any atom is 0.336 e. The van der Waals surface area contributed by atoms with Crippen LogP contribution in [0.2, 0.25) is 0 Å². The second-order valence-corrected chi connectivity index (χ2v) is 2.29. The molecule has 0 spiro atoms. The van der Waals surface area contributed by atoms with Gasteiger partial charge in [-0.1, -0.05) is 18.2 Å². The zero-order chi connectivity index (χ0) is 7.68. The van der Waals surface area contributed by atoms with Gasteiger partial charge in [-0.25, -0.2) is 4.79 Å². The van der Waals surface area contributed by atoms with Gasteiger partial charge in [-0.15, -0.1) is 0 Å². The molecule has 0 aliphatic rings. The Kier molecular flexibility index (Phi) is 2.33. The quantitative estimate of drug-likeness (QED) is 0.417. The smallest absolute Gasteiger partial charge is 0.336 e. The molecule has 0 aliphatic carbocycles. The van der Waals surface area contributed by atoms with Gasteiger partial charge in [-0.3, -0.25) is 0 Å². The SMILES string of the molecule is B.O=c1ccc2ccccc2o1. The summed E-state index contributed by atoms with van der Waals surface area (Å²) < 4.78 is 4.91. The standard InChI is InChI=1S/C9H6O2.BH3/c10-9-6-5-7-3-1-2-4-8(7)11-9;/h1-6H;1H3. The van der Waals surface area contributed by atoms with Crippen LogP contribution in [0.5, 0.6) is 0 Å². The van der Waals surface area contributed by atoms with Crippen LogP contribution in [0.1, 0.15) is 0 Å².